The second kappa shape index (κ2) is 7.39. The zero-order chi connectivity index (χ0) is 17.9. The number of hydrogen-bond acceptors (Lipinski definition) is 5. The lowest BCUT2D eigenvalue weighted by atomic mass is 10.2. The Bertz CT molecular complexity index is 1030. The minimum absolute atomic E-state index is 0.264. The van der Waals surface area contributed by atoms with Gasteiger partial charge in [-0.15, -0.1) is 5.10 Å². The predicted molar refractivity (Wildman–Crippen MR) is 99.6 cm³/mol. The summed E-state index contributed by atoms with van der Waals surface area (Å²) >= 11 is 7.49. The van der Waals surface area contributed by atoms with E-state index in [9.17, 15) is 4.39 Å². The molecule has 0 amide bonds. The smallest absolute Gasteiger partial charge is 0.183 e. The fraction of sp³-hybridized carbons (Fsp3) is 0.111. The molecular formula is C18H13ClFN5S. The molecule has 0 fully saturated rings. The summed E-state index contributed by atoms with van der Waals surface area (Å²) in [5.74, 6) is 0.481. The SMILES string of the molecule is Fc1ccc(Cn2nnc3c(SCc4ccc(Cl)cc4)ncnc32)cc1. The van der Waals surface area contributed by atoms with Crippen LogP contribution in [0.2, 0.25) is 5.02 Å². The number of aromatic nitrogens is 5. The van der Waals surface area contributed by atoms with E-state index in [4.69, 9.17) is 11.6 Å². The van der Waals surface area contributed by atoms with E-state index in [0.717, 1.165) is 21.9 Å². The van der Waals surface area contributed by atoms with Crippen LogP contribution in [0.5, 0.6) is 0 Å². The molecule has 0 saturated heterocycles. The molecule has 5 nitrogen and oxygen atoms in total. The first kappa shape index (κ1) is 16.9. The van der Waals surface area contributed by atoms with Crippen molar-refractivity contribution >= 4 is 34.5 Å². The van der Waals surface area contributed by atoms with Crippen LogP contribution in [0.4, 0.5) is 4.39 Å². The molecule has 2 aromatic heterocycles. The molecule has 8 heteroatoms. The predicted octanol–water partition coefficient (Wildman–Crippen LogP) is 4.35. The van der Waals surface area contributed by atoms with Crippen molar-refractivity contribution in [2.75, 3.05) is 0 Å². The van der Waals surface area contributed by atoms with Gasteiger partial charge in [0.25, 0.3) is 0 Å². The Morgan fingerprint density at radius 3 is 2.46 bits per heavy atom. The van der Waals surface area contributed by atoms with E-state index in [1.54, 1.807) is 28.6 Å². The van der Waals surface area contributed by atoms with Gasteiger partial charge in [0.15, 0.2) is 11.2 Å². The molecule has 130 valence electrons. The van der Waals surface area contributed by atoms with E-state index in [-0.39, 0.29) is 5.82 Å². The van der Waals surface area contributed by atoms with Crippen molar-refractivity contribution in [1.82, 2.24) is 25.0 Å². The molecule has 2 heterocycles. The maximum Gasteiger partial charge on any atom is 0.183 e. The van der Waals surface area contributed by atoms with Gasteiger partial charge in [0.05, 0.1) is 6.54 Å². The van der Waals surface area contributed by atoms with Crippen molar-refractivity contribution in [2.24, 2.45) is 0 Å². The van der Waals surface area contributed by atoms with Crippen LogP contribution in [-0.2, 0) is 12.3 Å². The third-order valence-corrected chi connectivity index (χ3v) is 5.10. The van der Waals surface area contributed by atoms with Crippen LogP contribution >= 0.6 is 23.4 Å². The normalized spacial score (nSPS) is 11.2. The zero-order valence-corrected chi connectivity index (χ0v) is 15.1. The fourth-order valence-corrected chi connectivity index (χ4v) is 3.49. The van der Waals surface area contributed by atoms with Gasteiger partial charge in [-0.1, -0.05) is 52.8 Å². The van der Waals surface area contributed by atoms with Gasteiger partial charge in [0.1, 0.15) is 17.2 Å². The molecule has 0 spiro atoms. The van der Waals surface area contributed by atoms with Gasteiger partial charge in [0, 0.05) is 10.8 Å². The number of rotatable bonds is 5. The Morgan fingerprint density at radius 2 is 1.69 bits per heavy atom. The molecule has 0 atom stereocenters. The summed E-state index contributed by atoms with van der Waals surface area (Å²) in [6.07, 6.45) is 1.51. The highest BCUT2D eigenvalue weighted by atomic mass is 35.5. The van der Waals surface area contributed by atoms with Gasteiger partial charge < -0.3 is 0 Å². The molecule has 2 aromatic carbocycles. The van der Waals surface area contributed by atoms with E-state index < -0.39 is 0 Å². The van der Waals surface area contributed by atoms with Crippen molar-refractivity contribution < 1.29 is 4.39 Å². The lowest BCUT2D eigenvalue weighted by Gasteiger charge is -2.04. The van der Waals surface area contributed by atoms with Gasteiger partial charge in [-0.3, -0.25) is 0 Å². The number of nitrogens with zero attached hydrogens (tertiary/aromatic N) is 5. The van der Waals surface area contributed by atoms with Crippen LogP contribution in [0.15, 0.2) is 59.9 Å². The van der Waals surface area contributed by atoms with Crippen LogP contribution in [0, 0.1) is 5.82 Å². The molecule has 26 heavy (non-hydrogen) atoms. The first-order chi connectivity index (χ1) is 12.7. The van der Waals surface area contributed by atoms with Gasteiger partial charge in [-0.2, -0.15) is 0 Å². The molecule has 4 rings (SSSR count). The van der Waals surface area contributed by atoms with Crippen LogP contribution in [0.1, 0.15) is 11.1 Å². The van der Waals surface area contributed by atoms with E-state index in [1.165, 1.54) is 18.5 Å². The van der Waals surface area contributed by atoms with Gasteiger partial charge in [0.2, 0.25) is 0 Å². The molecule has 0 bridgehead atoms. The molecule has 0 saturated carbocycles. The second-order valence-electron chi connectivity index (χ2n) is 5.64. The number of halogens is 2. The van der Waals surface area contributed by atoms with E-state index in [2.05, 4.69) is 20.3 Å². The first-order valence-electron chi connectivity index (χ1n) is 7.85. The van der Waals surface area contributed by atoms with Crippen molar-refractivity contribution in [1.29, 1.82) is 0 Å². The Kier molecular flexibility index (Phi) is 4.81. The molecule has 0 radical (unpaired) electrons. The van der Waals surface area contributed by atoms with Crippen molar-refractivity contribution in [3.63, 3.8) is 0 Å². The summed E-state index contributed by atoms with van der Waals surface area (Å²) in [4.78, 5) is 8.64. The van der Waals surface area contributed by atoms with E-state index in [1.807, 2.05) is 24.3 Å². The third kappa shape index (κ3) is 3.68. The van der Waals surface area contributed by atoms with Crippen molar-refractivity contribution in [3.05, 3.63) is 76.8 Å². The Hall–Kier alpha value is -2.51. The molecule has 4 aromatic rings. The summed E-state index contributed by atoms with van der Waals surface area (Å²) in [5.41, 5.74) is 3.38. The molecule has 0 N–H and O–H groups in total. The Balaban J connectivity index is 1.56. The highest BCUT2D eigenvalue weighted by Crippen LogP contribution is 2.26. The summed E-state index contributed by atoms with van der Waals surface area (Å²) in [7, 11) is 0. The average Bonchev–Trinajstić information content (AvgIpc) is 3.07. The number of fused-ring (bicyclic) bond motifs is 1. The molecule has 0 aliphatic rings. The number of thioether (sulfide) groups is 1. The highest BCUT2D eigenvalue weighted by Gasteiger charge is 2.12. The molecule has 0 unspecified atom stereocenters. The number of hydrogen-bond donors (Lipinski definition) is 0. The summed E-state index contributed by atoms with van der Waals surface area (Å²) in [6, 6.07) is 14.0. The molecular weight excluding hydrogens is 373 g/mol. The maximum atomic E-state index is 13.1. The third-order valence-electron chi connectivity index (χ3n) is 3.80. The minimum Gasteiger partial charge on any atom is -0.227 e. The highest BCUT2D eigenvalue weighted by molar-refractivity contribution is 7.98. The Labute approximate surface area is 158 Å². The Morgan fingerprint density at radius 1 is 0.962 bits per heavy atom. The lowest BCUT2D eigenvalue weighted by molar-refractivity contribution is 0.623. The standard InChI is InChI=1S/C18H13ClFN5S/c19-14-5-1-13(2-6-14)10-26-18-16-17(21-11-22-18)25(24-23-16)9-12-3-7-15(20)8-4-12/h1-8,11H,9-10H2. The summed E-state index contributed by atoms with van der Waals surface area (Å²) in [5, 5.41) is 9.90. The van der Waals surface area contributed by atoms with Crippen LogP contribution in [0.3, 0.4) is 0 Å². The monoisotopic (exact) mass is 385 g/mol. The molecule has 0 aliphatic carbocycles. The minimum atomic E-state index is -0.264. The lowest BCUT2D eigenvalue weighted by Crippen LogP contribution is -2.03. The van der Waals surface area contributed by atoms with Crippen molar-refractivity contribution in [2.45, 2.75) is 17.3 Å². The largest absolute Gasteiger partial charge is 0.227 e. The van der Waals surface area contributed by atoms with Gasteiger partial charge in [-0.25, -0.2) is 19.0 Å². The topological polar surface area (TPSA) is 56.5 Å². The second-order valence-corrected chi connectivity index (χ2v) is 7.04. The zero-order valence-electron chi connectivity index (χ0n) is 13.5. The fourth-order valence-electron chi connectivity index (χ4n) is 2.48. The quantitative estimate of drug-likeness (QED) is 0.377. The van der Waals surface area contributed by atoms with Crippen LogP contribution in [0.25, 0.3) is 11.2 Å². The maximum absolute atomic E-state index is 13.1. The average molecular weight is 386 g/mol. The van der Waals surface area contributed by atoms with Crippen LogP contribution in [-0.4, -0.2) is 25.0 Å². The van der Waals surface area contributed by atoms with Crippen LogP contribution < -0.4 is 0 Å². The van der Waals surface area contributed by atoms with E-state index in [0.29, 0.717) is 22.7 Å². The van der Waals surface area contributed by atoms with Crippen molar-refractivity contribution in [3.8, 4) is 0 Å². The van der Waals surface area contributed by atoms with E-state index >= 15 is 0 Å². The first-order valence-corrected chi connectivity index (χ1v) is 9.21. The van der Waals surface area contributed by atoms with Gasteiger partial charge in [-0.05, 0) is 35.4 Å². The van der Waals surface area contributed by atoms with Gasteiger partial charge >= 0.3 is 0 Å². The number of benzene rings is 2. The summed E-state index contributed by atoms with van der Waals surface area (Å²) in [6.45, 7) is 0.467. The summed E-state index contributed by atoms with van der Waals surface area (Å²) < 4.78 is 14.7. The molecule has 0 aliphatic heterocycles.